The third-order valence-electron chi connectivity index (χ3n) is 9.51. The molecule has 4 nitrogen and oxygen atoms in total. The molecule has 4 heteroatoms. The molecule has 0 bridgehead atoms. The van der Waals surface area contributed by atoms with Crippen molar-refractivity contribution in [3.05, 3.63) is 60.8 Å². The molecule has 0 aromatic rings. The summed E-state index contributed by atoms with van der Waals surface area (Å²) < 4.78 is 0. The minimum atomic E-state index is -0.842. The molecule has 0 aliphatic rings. The normalized spacial score (nSPS) is 13.6. The van der Waals surface area contributed by atoms with Gasteiger partial charge in [-0.15, -0.1) is 0 Å². The summed E-state index contributed by atoms with van der Waals surface area (Å²) in [7, 11) is 0. The second kappa shape index (κ2) is 41.5. The molecule has 0 radical (unpaired) electrons. The molecule has 0 aromatic heterocycles. The van der Waals surface area contributed by atoms with Crippen molar-refractivity contribution in [2.75, 3.05) is 6.61 Å². The van der Waals surface area contributed by atoms with Crippen LogP contribution in [-0.2, 0) is 4.79 Å². The first-order valence-corrected chi connectivity index (χ1v) is 21.5. The van der Waals surface area contributed by atoms with Gasteiger partial charge in [0.15, 0.2) is 0 Å². The molecule has 0 fully saturated rings. The van der Waals surface area contributed by atoms with E-state index in [0.29, 0.717) is 6.42 Å². The number of nitrogens with one attached hydrogen (secondary N) is 1. The van der Waals surface area contributed by atoms with Crippen LogP contribution in [0.5, 0.6) is 0 Å². The van der Waals surface area contributed by atoms with Crippen LogP contribution < -0.4 is 5.32 Å². The van der Waals surface area contributed by atoms with Gasteiger partial charge in [0.25, 0.3) is 0 Å². The van der Waals surface area contributed by atoms with Gasteiger partial charge in [-0.1, -0.05) is 203 Å². The molecule has 0 saturated carbocycles. The molecule has 0 rings (SSSR count). The highest BCUT2D eigenvalue weighted by molar-refractivity contribution is 5.76. The van der Waals surface area contributed by atoms with Crippen LogP contribution in [0, 0.1) is 0 Å². The predicted octanol–water partition coefficient (Wildman–Crippen LogP) is 13.3. The van der Waals surface area contributed by atoms with Crippen LogP contribution in [0.2, 0.25) is 0 Å². The van der Waals surface area contributed by atoms with Crippen LogP contribution in [0.4, 0.5) is 0 Å². The molecule has 50 heavy (non-hydrogen) atoms. The zero-order valence-corrected chi connectivity index (χ0v) is 33.2. The van der Waals surface area contributed by atoms with Gasteiger partial charge in [0, 0.05) is 6.42 Å². The standard InChI is InChI=1S/C46H83NO3/c1-3-5-7-9-11-13-15-17-19-20-21-22-23-24-25-26-28-30-32-34-36-38-40-42-46(50)47-44(43-48)45(49)41-39-37-35-33-31-29-27-18-16-14-12-10-8-6-4-2/h5,7,11,13,17,19,21-22,39,41,44-45,48-49H,3-4,6,8-10,12,14-16,18,20,23-38,40,42-43H2,1-2H3,(H,47,50)/b7-5-,13-11-,19-17-,22-21-,41-39+. The molecule has 2 unspecified atom stereocenters. The van der Waals surface area contributed by atoms with Crippen LogP contribution in [-0.4, -0.2) is 34.9 Å². The van der Waals surface area contributed by atoms with Crippen molar-refractivity contribution in [2.45, 2.75) is 219 Å². The van der Waals surface area contributed by atoms with Crippen molar-refractivity contribution in [3.63, 3.8) is 0 Å². The molecule has 0 heterocycles. The summed E-state index contributed by atoms with van der Waals surface area (Å²) in [6.45, 7) is 4.19. The van der Waals surface area contributed by atoms with Crippen molar-refractivity contribution in [1.29, 1.82) is 0 Å². The number of rotatable bonds is 38. The third kappa shape index (κ3) is 37.3. The topological polar surface area (TPSA) is 69.6 Å². The van der Waals surface area contributed by atoms with Gasteiger partial charge in [0.1, 0.15) is 0 Å². The molecule has 0 aliphatic carbocycles. The number of allylic oxidation sites excluding steroid dienone is 9. The fraction of sp³-hybridized carbons (Fsp3) is 0.761. The Morgan fingerprint density at radius 3 is 1.32 bits per heavy atom. The minimum Gasteiger partial charge on any atom is -0.394 e. The van der Waals surface area contributed by atoms with E-state index in [1.807, 2.05) is 6.08 Å². The van der Waals surface area contributed by atoms with Crippen LogP contribution in [0.25, 0.3) is 0 Å². The molecule has 3 N–H and O–H groups in total. The lowest BCUT2D eigenvalue weighted by Gasteiger charge is -2.20. The number of carbonyl (C=O) groups is 1. The van der Waals surface area contributed by atoms with Gasteiger partial charge in [-0.3, -0.25) is 4.79 Å². The molecule has 2 atom stereocenters. The summed E-state index contributed by atoms with van der Waals surface area (Å²) in [6, 6.07) is -0.626. The summed E-state index contributed by atoms with van der Waals surface area (Å²) in [5, 5.41) is 23.0. The Balaban J connectivity index is 3.59. The highest BCUT2D eigenvalue weighted by atomic mass is 16.3. The molecular formula is C46H83NO3. The fourth-order valence-electron chi connectivity index (χ4n) is 6.23. The Morgan fingerprint density at radius 1 is 0.500 bits per heavy atom. The lowest BCUT2D eigenvalue weighted by atomic mass is 10.0. The molecule has 1 amide bonds. The van der Waals surface area contributed by atoms with Crippen molar-refractivity contribution in [1.82, 2.24) is 5.32 Å². The van der Waals surface area contributed by atoms with Crippen molar-refractivity contribution < 1.29 is 15.0 Å². The second-order valence-corrected chi connectivity index (χ2v) is 14.4. The average molecular weight is 698 g/mol. The first-order valence-electron chi connectivity index (χ1n) is 21.5. The SMILES string of the molecule is CC/C=C\C/C=C\C/C=C\C/C=C\CCCCCCCCCCCCC(=O)NC(CO)C(O)/C=C/CCCCCCCCCCCCCCC. The van der Waals surface area contributed by atoms with E-state index in [1.54, 1.807) is 6.08 Å². The van der Waals surface area contributed by atoms with Crippen LogP contribution in [0.1, 0.15) is 206 Å². The van der Waals surface area contributed by atoms with Gasteiger partial charge in [-0.05, 0) is 57.8 Å². The first kappa shape index (κ1) is 48.1. The summed E-state index contributed by atoms with van der Waals surface area (Å²) in [5.74, 6) is -0.0710. The summed E-state index contributed by atoms with van der Waals surface area (Å²) in [4.78, 5) is 12.4. The van der Waals surface area contributed by atoms with E-state index >= 15 is 0 Å². The van der Waals surface area contributed by atoms with Gasteiger partial charge in [0.2, 0.25) is 5.91 Å². The number of hydrogen-bond acceptors (Lipinski definition) is 3. The average Bonchev–Trinajstić information content (AvgIpc) is 3.12. The molecule has 0 aromatic carbocycles. The maximum Gasteiger partial charge on any atom is 0.220 e. The second-order valence-electron chi connectivity index (χ2n) is 14.4. The Hall–Kier alpha value is -1.91. The summed E-state index contributed by atoms with van der Waals surface area (Å²) in [5.41, 5.74) is 0. The van der Waals surface area contributed by atoms with E-state index in [4.69, 9.17) is 0 Å². The minimum absolute atomic E-state index is 0.0710. The van der Waals surface area contributed by atoms with Crippen molar-refractivity contribution in [3.8, 4) is 0 Å². The zero-order valence-electron chi connectivity index (χ0n) is 33.2. The highest BCUT2D eigenvalue weighted by Gasteiger charge is 2.17. The van der Waals surface area contributed by atoms with Gasteiger partial charge in [0.05, 0.1) is 18.8 Å². The maximum absolute atomic E-state index is 12.4. The number of aliphatic hydroxyl groups excluding tert-OH is 2. The van der Waals surface area contributed by atoms with Gasteiger partial charge < -0.3 is 15.5 Å². The van der Waals surface area contributed by atoms with E-state index in [9.17, 15) is 15.0 Å². The third-order valence-corrected chi connectivity index (χ3v) is 9.51. The summed E-state index contributed by atoms with van der Waals surface area (Å²) >= 11 is 0. The van der Waals surface area contributed by atoms with E-state index < -0.39 is 12.1 Å². The van der Waals surface area contributed by atoms with E-state index in [1.165, 1.54) is 135 Å². The quantitative estimate of drug-likeness (QED) is 0.0444. The molecule has 0 aliphatic heterocycles. The van der Waals surface area contributed by atoms with Crippen LogP contribution in [0.3, 0.4) is 0 Å². The number of hydrogen-bond donors (Lipinski definition) is 3. The Bertz CT molecular complexity index is 842. The zero-order chi connectivity index (χ0) is 36.4. The maximum atomic E-state index is 12.4. The van der Waals surface area contributed by atoms with E-state index in [2.05, 4.69) is 67.8 Å². The van der Waals surface area contributed by atoms with E-state index in [0.717, 1.165) is 51.4 Å². The fourth-order valence-corrected chi connectivity index (χ4v) is 6.23. The lowest BCUT2D eigenvalue weighted by molar-refractivity contribution is -0.123. The van der Waals surface area contributed by atoms with E-state index in [-0.39, 0.29) is 12.5 Å². The molecule has 290 valence electrons. The molecule has 0 spiro atoms. The Labute approximate surface area is 311 Å². The highest BCUT2D eigenvalue weighted by Crippen LogP contribution is 2.14. The molecular weight excluding hydrogens is 615 g/mol. The number of unbranched alkanes of at least 4 members (excludes halogenated alkanes) is 23. The number of amides is 1. The van der Waals surface area contributed by atoms with Gasteiger partial charge in [-0.25, -0.2) is 0 Å². The predicted molar refractivity (Wildman–Crippen MR) is 221 cm³/mol. The monoisotopic (exact) mass is 698 g/mol. The molecule has 0 saturated heterocycles. The number of carbonyl (C=O) groups excluding carboxylic acids is 1. The van der Waals surface area contributed by atoms with Crippen molar-refractivity contribution in [2.24, 2.45) is 0 Å². The van der Waals surface area contributed by atoms with Gasteiger partial charge in [-0.2, -0.15) is 0 Å². The van der Waals surface area contributed by atoms with Crippen LogP contribution >= 0.6 is 0 Å². The Morgan fingerprint density at radius 2 is 0.880 bits per heavy atom. The van der Waals surface area contributed by atoms with Crippen LogP contribution in [0.15, 0.2) is 60.8 Å². The number of aliphatic hydroxyl groups is 2. The Kier molecular flexibility index (Phi) is 39.9. The van der Waals surface area contributed by atoms with Crippen molar-refractivity contribution >= 4 is 5.91 Å². The summed E-state index contributed by atoms with van der Waals surface area (Å²) in [6.07, 6.45) is 57.5. The largest absolute Gasteiger partial charge is 0.394 e. The van der Waals surface area contributed by atoms with Gasteiger partial charge >= 0.3 is 0 Å². The first-order chi connectivity index (χ1) is 24.7. The smallest absolute Gasteiger partial charge is 0.220 e. The lowest BCUT2D eigenvalue weighted by Crippen LogP contribution is -2.45.